The van der Waals surface area contributed by atoms with Crippen molar-refractivity contribution in [1.82, 2.24) is 15.3 Å². The van der Waals surface area contributed by atoms with Crippen molar-refractivity contribution in [1.29, 1.82) is 0 Å². The number of halogens is 4. The van der Waals surface area contributed by atoms with Crippen LogP contribution in [0.4, 0.5) is 29.3 Å². The van der Waals surface area contributed by atoms with Crippen LogP contribution in [0, 0.1) is 29.2 Å². The first kappa shape index (κ1) is 23.7. The smallest absolute Gasteiger partial charge is 0.254 e. The van der Waals surface area contributed by atoms with Crippen molar-refractivity contribution in [2.75, 3.05) is 30.9 Å². The van der Waals surface area contributed by atoms with Crippen molar-refractivity contribution in [2.45, 2.75) is 31.7 Å². The van der Waals surface area contributed by atoms with Gasteiger partial charge in [-0.25, -0.2) is 22.5 Å². The number of carbonyl (C=O) groups excluding carboxylic acids is 1. The van der Waals surface area contributed by atoms with Crippen LogP contribution in [0.5, 0.6) is 0 Å². The largest absolute Gasteiger partial charge is 0.362 e. The summed E-state index contributed by atoms with van der Waals surface area (Å²) in [6, 6.07) is 8.32. The maximum absolute atomic E-state index is 13.8. The number of nitrogens with zero attached hydrogens (tertiary/aromatic N) is 3. The molecule has 1 aliphatic carbocycles. The fraction of sp³-hybridized carbons (Fsp3) is 0.375. The monoisotopic (exact) mass is 475 g/mol. The van der Waals surface area contributed by atoms with Crippen molar-refractivity contribution in [3.8, 4) is 0 Å². The first-order valence-corrected chi connectivity index (χ1v) is 11.1. The van der Waals surface area contributed by atoms with E-state index in [1.807, 2.05) is 43.3 Å². The Morgan fingerprint density at radius 1 is 1.00 bits per heavy atom. The number of hydrogen-bond donors (Lipinski definition) is 2. The number of hydrogen-bond acceptors (Lipinski definition) is 5. The molecule has 1 aliphatic rings. The number of para-hydroxylation sites is 1. The number of aromatic nitrogens is 2. The lowest BCUT2D eigenvalue weighted by Gasteiger charge is -2.29. The number of benzene rings is 2. The molecule has 1 saturated carbocycles. The lowest BCUT2D eigenvalue weighted by Crippen LogP contribution is -2.34. The molecule has 0 saturated heterocycles. The maximum atomic E-state index is 13.8. The Bertz CT molecular complexity index is 1210. The van der Waals surface area contributed by atoms with Gasteiger partial charge in [-0.15, -0.1) is 0 Å². The van der Waals surface area contributed by atoms with Gasteiger partial charge in [0.05, 0.1) is 11.1 Å². The summed E-state index contributed by atoms with van der Waals surface area (Å²) in [5.74, 6) is -6.72. The number of nitrogens with one attached hydrogen (secondary N) is 2. The van der Waals surface area contributed by atoms with Gasteiger partial charge in [0, 0.05) is 32.1 Å². The third kappa shape index (κ3) is 4.90. The highest BCUT2D eigenvalue weighted by Crippen LogP contribution is 2.28. The highest BCUT2D eigenvalue weighted by Gasteiger charge is 2.25. The normalized spacial score (nSPS) is 18.1. The molecule has 3 aromatic rings. The molecule has 4 rings (SSSR count). The van der Waals surface area contributed by atoms with Gasteiger partial charge in [-0.2, -0.15) is 4.98 Å². The van der Waals surface area contributed by atoms with Crippen molar-refractivity contribution in [3.05, 3.63) is 59.2 Å². The fourth-order valence-corrected chi connectivity index (χ4v) is 4.23. The third-order valence-corrected chi connectivity index (χ3v) is 6.09. The average Bonchev–Trinajstić information content (AvgIpc) is 2.83. The van der Waals surface area contributed by atoms with Crippen LogP contribution in [-0.4, -0.2) is 42.6 Å². The van der Waals surface area contributed by atoms with E-state index >= 15 is 0 Å². The van der Waals surface area contributed by atoms with Gasteiger partial charge < -0.3 is 15.5 Å². The van der Waals surface area contributed by atoms with E-state index in [1.165, 1.54) is 0 Å². The Hall–Kier alpha value is -3.43. The van der Waals surface area contributed by atoms with Crippen LogP contribution in [-0.2, 0) is 0 Å². The van der Waals surface area contributed by atoms with Crippen molar-refractivity contribution < 1.29 is 22.4 Å². The molecule has 34 heavy (non-hydrogen) atoms. The van der Waals surface area contributed by atoms with Crippen molar-refractivity contribution >= 4 is 28.6 Å². The first-order valence-electron chi connectivity index (χ1n) is 11.1. The second kappa shape index (κ2) is 9.82. The van der Waals surface area contributed by atoms with Crippen molar-refractivity contribution in [2.24, 2.45) is 5.92 Å². The molecule has 1 aromatic heterocycles. The molecule has 2 aromatic carbocycles. The predicted molar refractivity (Wildman–Crippen MR) is 122 cm³/mol. The van der Waals surface area contributed by atoms with Gasteiger partial charge in [0.1, 0.15) is 5.82 Å². The summed E-state index contributed by atoms with van der Waals surface area (Å²) in [7, 11) is 3.86. The minimum absolute atomic E-state index is 0.120. The Balaban J connectivity index is 1.33. The molecule has 180 valence electrons. The maximum Gasteiger partial charge on any atom is 0.254 e. The molecular weight excluding hydrogens is 450 g/mol. The standard InChI is InChI=1S/C24H25F4N5O/c1-33(2)22-15-5-3-4-6-18(15)31-24(32-22)30-14-9-7-13(8-10-14)12-29-23(34)16-11-17(25)20(27)21(28)19(16)26/h3-6,11,13-14H,7-10,12H2,1-2H3,(H,29,34)(H,30,31,32). The SMILES string of the molecule is CN(C)c1nc(NC2CCC(CNC(=O)c3cc(F)c(F)c(F)c3F)CC2)nc2ccccc12. The van der Waals surface area contributed by atoms with Crippen LogP contribution in [0.1, 0.15) is 36.0 Å². The summed E-state index contributed by atoms with van der Waals surface area (Å²) < 4.78 is 53.7. The van der Waals surface area contributed by atoms with Gasteiger partial charge in [0.25, 0.3) is 5.91 Å². The van der Waals surface area contributed by atoms with Gasteiger partial charge in [-0.1, -0.05) is 12.1 Å². The van der Waals surface area contributed by atoms with Gasteiger partial charge >= 0.3 is 0 Å². The summed E-state index contributed by atoms with van der Waals surface area (Å²) in [4.78, 5) is 23.4. The minimum Gasteiger partial charge on any atom is -0.362 e. The molecule has 0 atom stereocenters. The van der Waals surface area contributed by atoms with E-state index in [0.717, 1.165) is 42.4 Å². The van der Waals surface area contributed by atoms with Gasteiger partial charge in [0.2, 0.25) is 5.95 Å². The second-order valence-electron chi connectivity index (χ2n) is 8.70. The molecule has 10 heteroatoms. The summed E-state index contributed by atoms with van der Waals surface area (Å²) in [5, 5.41) is 6.87. The molecule has 0 spiro atoms. The van der Waals surface area contributed by atoms with Crippen LogP contribution in [0.2, 0.25) is 0 Å². The topological polar surface area (TPSA) is 70.2 Å². The van der Waals surface area contributed by atoms with Crippen LogP contribution < -0.4 is 15.5 Å². The third-order valence-electron chi connectivity index (χ3n) is 6.09. The zero-order chi connectivity index (χ0) is 24.4. The van der Waals surface area contributed by atoms with Crippen LogP contribution >= 0.6 is 0 Å². The fourth-order valence-electron chi connectivity index (χ4n) is 4.23. The molecular formula is C24H25F4N5O. The predicted octanol–water partition coefficient (Wildman–Crippen LogP) is 4.65. The molecule has 0 unspecified atom stereocenters. The van der Waals surface area contributed by atoms with Crippen LogP contribution in [0.15, 0.2) is 30.3 Å². The van der Waals surface area contributed by atoms with Gasteiger partial charge in [-0.3, -0.25) is 4.79 Å². The lowest BCUT2D eigenvalue weighted by molar-refractivity contribution is 0.0937. The number of carbonyl (C=O) groups is 1. The quantitative estimate of drug-likeness (QED) is 0.309. The Morgan fingerprint density at radius 3 is 2.41 bits per heavy atom. The highest BCUT2D eigenvalue weighted by atomic mass is 19.2. The summed E-state index contributed by atoms with van der Waals surface area (Å²) in [6.07, 6.45) is 3.17. The van der Waals surface area contributed by atoms with E-state index in [9.17, 15) is 22.4 Å². The van der Waals surface area contributed by atoms with Crippen LogP contribution in [0.3, 0.4) is 0 Å². The molecule has 6 nitrogen and oxygen atoms in total. The first-order chi connectivity index (χ1) is 16.2. The summed E-state index contributed by atoms with van der Waals surface area (Å²) in [5.41, 5.74) is -0.00195. The van der Waals surface area contributed by atoms with E-state index < -0.39 is 34.7 Å². The number of rotatable bonds is 6. The Labute approximate surface area is 194 Å². The molecule has 1 amide bonds. The number of amides is 1. The lowest BCUT2D eigenvalue weighted by atomic mass is 9.86. The average molecular weight is 475 g/mol. The Morgan fingerprint density at radius 2 is 1.71 bits per heavy atom. The molecule has 0 bridgehead atoms. The van der Waals surface area contributed by atoms with Gasteiger partial charge in [-0.05, 0) is 49.8 Å². The van der Waals surface area contributed by atoms with E-state index in [2.05, 4.69) is 20.6 Å². The molecule has 2 N–H and O–H groups in total. The summed E-state index contributed by atoms with van der Waals surface area (Å²) >= 11 is 0. The number of anilines is 2. The van der Waals surface area contributed by atoms with Crippen molar-refractivity contribution in [3.63, 3.8) is 0 Å². The second-order valence-corrected chi connectivity index (χ2v) is 8.70. The van der Waals surface area contributed by atoms with Crippen LogP contribution in [0.25, 0.3) is 10.9 Å². The van der Waals surface area contributed by atoms with E-state index in [-0.39, 0.29) is 18.5 Å². The molecule has 1 heterocycles. The molecule has 1 fully saturated rings. The number of fused-ring (bicyclic) bond motifs is 1. The Kier molecular flexibility index (Phi) is 6.85. The molecule has 0 radical (unpaired) electrons. The van der Waals surface area contributed by atoms with E-state index in [1.54, 1.807) is 0 Å². The minimum atomic E-state index is -2.00. The highest BCUT2D eigenvalue weighted by molar-refractivity contribution is 5.94. The summed E-state index contributed by atoms with van der Waals surface area (Å²) in [6.45, 7) is 0.225. The zero-order valence-corrected chi connectivity index (χ0v) is 18.8. The van der Waals surface area contributed by atoms with E-state index in [4.69, 9.17) is 0 Å². The van der Waals surface area contributed by atoms with E-state index in [0.29, 0.717) is 12.0 Å². The zero-order valence-electron chi connectivity index (χ0n) is 18.8. The molecule has 0 aliphatic heterocycles. The van der Waals surface area contributed by atoms with Gasteiger partial charge in [0.15, 0.2) is 23.3 Å².